The van der Waals surface area contributed by atoms with E-state index in [1.54, 1.807) is 24.3 Å². The van der Waals surface area contributed by atoms with Crippen molar-refractivity contribution in [3.63, 3.8) is 0 Å². The minimum atomic E-state index is -1.91. The Morgan fingerprint density at radius 3 is 2.26 bits per heavy atom. The first-order valence-corrected chi connectivity index (χ1v) is 10.7. The monoisotopic (exact) mass is 459 g/mol. The average molecular weight is 459 g/mol. The number of halogens is 1. The Morgan fingerprint density at radius 2 is 1.65 bits per heavy atom. The molecule has 1 heterocycles. The van der Waals surface area contributed by atoms with Crippen LogP contribution in [-0.4, -0.2) is 39.1 Å². The quantitative estimate of drug-likeness (QED) is 0.523. The summed E-state index contributed by atoms with van der Waals surface area (Å²) in [5.41, 5.74) is 4.13. The lowest BCUT2D eigenvalue weighted by molar-refractivity contribution is -0.153. The molecule has 34 heavy (non-hydrogen) atoms. The minimum Gasteiger partial charge on any atom is -0.380 e. The van der Waals surface area contributed by atoms with Crippen molar-refractivity contribution >= 4 is 11.8 Å². The number of hydrogen-bond acceptors (Lipinski definition) is 5. The van der Waals surface area contributed by atoms with Crippen LogP contribution in [0.3, 0.4) is 0 Å². The molecule has 1 aliphatic heterocycles. The van der Waals surface area contributed by atoms with E-state index in [9.17, 15) is 29.5 Å². The molecule has 2 amide bonds. The van der Waals surface area contributed by atoms with Crippen molar-refractivity contribution < 1.29 is 24.2 Å². The van der Waals surface area contributed by atoms with Crippen molar-refractivity contribution in [1.82, 2.24) is 10.2 Å². The molecule has 2 unspecified atom stereocenters. The largest absolute Gasteiger partial charge is 0.380 e. The van der Waals surface area contributed by atoms with Gasteiger partial charge in [-0.1, -0.05) is 54.6 Å². The molecule has 2 atom stereocenters. The Kier molecular flexibility index (Phi) is 6.68. The number of fused-ring (bicyclic) bond motifs is 1. The van der Waals surface area contributed by atoms with E-state index in [-0.39, 0.29) is 12.1 Å². The van der Waals surface area contributed by atoms with E-state index in [0.717, 1.165) is 17.2 Å². The summed E-state index contributed by atoms with van der Waals surface area (Å²) in [7, 11) is 0. The van der Waals surface area contributed by atoms with E-state index in [1.807, 2.05) is 30.3 Å². The van der Waals surface area contributed by atoms with Gasteiger partial charge >= 0.3 is 0 Å². The Morgan fingerprint density at radius 1 is 1.00 bits per heavy atom. The number of aliphatic hydroxyl groups excluding tert-OH is 2. The van der Waals surface area contributed by atoms with Crippen molar-refractivity contribution in [3.8, 4) is 17.2 Å². The molecule has 0 saturated heterocycles. The molecule has 3 aromatic carbocycles. The molecule has 172 valence electrons. The molecule has 0 bridgehead atoms. The molecule has 4 rings (SSSR count). The van der Waals surface area contributed by atoms with E-state index in [2.05, 4.69) is 5.32 Å². The van der Waals surface area contributed by atoms with Crippen LogP contribution in [0.4, 0.5) is 4.39 Å². The van der Waals surface area contributed by atoms with Gasteiger partial charge in [0, 0.05) is 19.6 Å². The second kappa shape index (κ2) is 9.83. The van der Waals surface area contributed by atoms with Crippen molar-refractivity contribution in [2.75, 3.05) is 0 Å². The topological polar surface area (TPSA) is 114 Å². The van der Waals surface area contributed by atoms with Crippen LogP contribution in [-0.2, 0) is 29.2 Å². The van der Waals surface area contributed by atoms with Crippen LogP contribution in [0, 0.1) is 17.1 Å². The van der Waals surface area contributed by atoms with Gasteiger partial charge in [-0.3, -0.25) is 9.59 Å². The van der Waals surface area contributed by atoms with Crippen LogP contribution in [0.5, 0.6) is 0 Å². The van der Waals surface area contributed by atoms with Gasteiger partial charge in [-0.25, -0.2) is 4.39 Å². The third-order valence-electron chi connectivity index (χ3n) is 5.81. The lowest BCUT2D eigenvalue weighted by atomic mass is 9.99. The maximum atomic E-state index is 13.4. The highest BCUT2D eigenvalue weighted by molar-refractivity contribution is 5.91. The summed E-state index contributed by atoms with van der Waals surface area (Å²) in [6.07, 6.45) is -3.78. The number of benzene rings is 3. The molecule has 0 fully saturated rings. The van der Waals surface area contributed by atoms with E-state index >= 15 is 0 Å². The number of aliphatic hydroxyl groups is 2. The van der Waals surface area contributed by atoms with Crippen molar-refractivity contribution in [3.05, 3.63) is 94.8 Å². The Labute approximate surface area is 195 Å². The summed E-state index contributed by atoms with van der Waals surface area (Å²) >= 11 is 0. The van der Waals surface area contributed by atoms with E-state index < -0.39 is 29.8 Å². The molecular formula is C26H22FN3O4. The number of nitriles is 1. The number of rotatable bonds is 6. The predicted octanol–water partition coefficient (Wildman–Crippen LogP) is 2.24. The fourth-order valence-electron chi connectivity index (χ4n) is 3.91. The maximum absolute atomic E-state index is 13.4. The highest BCUT2D eigenvalue weighted by Gasteiger charge is 2.35. The number of carbonyl (C=O) groups excluding carboxylic acids is 2. The van der Waals surface area contributed by atoms with Gasteiger partial charge < -0.3 is 20.4 Å². The second-order valence-electron chi connectivity index (χ2n) is 8.07. The summed E-state index contributed by atoms with van der Waals surface area (Å²) in [6, 6.07) is 20.3. The molecule has 1 aliphatic rings. The van der Waals surface area contributed by atoms with Gasteiger partial charge in [0.15, 0.2) is 12.2 Å². The SMILES string of the molecule is N#Cc1cc(F)ccc1-c1ccc(CNC(=O)C(O)C(O)C(=O)N2Cc3ccccc3C2)cc1. The molecule has 0 aliphatic carbocycles. The molecule has 0 radical (unpaired) electrons. The van der Waals surface area contributed by atoms with E-state index in [1.165, 1.54) is 17.0 Å². The standard InChI is InChI=1S/C26H22FN3O4/c27-21-9-10-22(20(11-21)12-28)17-7-5-16(6-8-17)13-29-25(33)23(31)24(32)26(34)30-14-18-3-1-2-4-19(18)15-30/h1-11,23-24,31-32H,13-15H2,(H,29,33). The maximum Gasteiger partial charge on any atom is 0.255 e. The fraction of sp³-hybridized carbons (Fsp3) is 0.192. The predicted molar refractivity (Wildman–Crippen MR) is 121 cm³/mol. The number of nitrogens with zero attached hydrogens (tertiary/aromatic N) is 2. The highest BCUT2D eigenvalue weighted by atomic mass is 19.1. The molecule has 8 heteroatoms. The third-order valence-corrected chi connectivity index (χ3v) is 5.81. The lowest BCUT2D eigenvalue weighted by Crippen LogP contribution is -2.49. The molecule has 0 aromatic heterocycles. The molecule has 7 nitrogen and oxygen atoms in total. The van der Waals surface area contributed by atoms with Crippen LogP contribution in [0.25, 0.3) is 11.1 Å². The zero-order valence-electron chi connectivity index (χ0n) is 18.1. The Hall–Kier alpha value is -4.06. The zero-order valence-corrected chi connectivity index (χ0v) is 18.1. The van der Waals surface area contributed by atoms with E-state index in [4.69, 9.17) is 0 Å². The summed E-state index contributed by atoms with van der Waals surface area (Å²) in [6.45, 7) is 0.684. The Balaban J connectivity index is 1.33. The fourth-order valence-corrected chi connectivity index (χ4v) is 3.91. The van der Waals surface area contributed by atoms with Gasteiger partial charge in [0.1, 0.15) is 5.82 Å². The van der Waals surface area contributed by atoms with Crippen LogP contribution >= 0.6 is 0 Å². The van der Waals surface area contributed by atoms with E-state index in [0.29, 0.717) is 29.8 Å². The Bertz CT molecular complexity index is 1240. The van der Waals surface area contributed by atoms with Crippen LogP contribution < -0.4 is 5.32 Å². The lowest BCUT2D eigenvalue weighted by Gasteiger charge is -2.22. The first kappa shape index (κ1) is 23.1. The van der Waals surface area contributed by atoms with Crippen LogP contribution in [0.15, 0.2) is 66.7 Å². The van der Waals surface area contributed by atoms with Crippen molar-refractivity contribution in [1.29, 1.82) is 5.26 Å². The summed E-state index contributed by atoms with van der Waals surface area (Å²) in [5.74, 6) is -2.07. The van der Waals surface area contributed by atoms with Gasteiger partial charge in [-0.15, -0.1) is 0 Å². The van der Waals surface area contributed by atoms with Crippen LogP contribution in [0.2, 0.25) is 0 Å². The van der Waals surface area contributed by atoms with Gasteiger partial charge in [-0.2, -0.15) is 5.26 Å². The van der Waals surface area contributed by atoms with Gasteiger partial charge in [0.25, 0.3) is 11.8 Å². The minimum absolute atomic E-state index is 0.0563. The van der Waals surface area contributed by atoms with Gasteiger partial charge in [0.2, 0.25) is 0 Å². The molecule has 3 aromatic rings. The van der Waals surface area contributed by atoms with Crippen molar-refractivity contribution in [2.45, 2.75) is 31.8 Å². The second-order valence-corrected chi connectivity index (χ2v) is 8.07. The summed E-state index contributed by atoms with van der Waals surface area (Å²) < 4.78 is 13.4. The molecule has 0 spiro atoms. The number of hydrogen-bond donors (Lipinski definition) is 3. The molecular weight excluding hydrogens is 437 g/mol. The molecule has 0 saturated carbocycles. The average Bonchev–Trinajstić information content (AvgIpc) is 3.30. The van der Waals surface area contributed by atoms with Crippen molar-refractivity contribution in [2.24, 2.45) is 0 Å². The number of carbonyl (C=O) groups is 2. The van der Waals surface area contributed by atoms with Gasteiger partial charge in [0.05, 0.1) is 11.6 Å². The normalized spacial score (nSPS) is 14.1. The summed E-state index contributed by atoms with van der Waals surface area (Å²) in [4.78, 5) is 26.3. The van der Waals surface area contributed by atoms with Gasteiger partial charge in [-0.05, 0) is 39.9 Å². The summed E-state index contributed by atoms with van der Waals surface area (Å²) in [5, 5.41) is 32.2. The smallest absolute Gasteiger partial charge is 0.255 e. The molecule has 3 N–H and O–H groups in total. The van der Waals surface area contributed by atoms with Crippen LogP contribution in [0.1, 0.15) is 22.3 Å². The number of amides is 2. The highest BCUT2D eigenvalue weighted by Crippen LogP contribution is 2.25. The zero-order chi connectivity index (χ0) is 24.2. The third kappa shape index (κ3) is 4.81. The number of nitrogens with one attached hydrogen (secondary N) is 1. The first-order chi connectivity index (χ1) is 16.4. The first-order valence-electron chi connectivity index (χ1n) is 10.7.